The molecule has 1 unspecified atom stereocenters. The van der Waals surface area contributed by atoms with Crippen LogP contribution in [0.1, 0.15) is 48.2 Å². The molecule has 3 fully saturated rings. The van der Waals surface area contributed by atoms with Crippen LogP contribution in [0.25, 0.3) is 32.4 Å². The highest BCUT2D eigenvalue weighted by Gasteiger charge is 2.44. The van der Waals surface area contributed by atoms with E-state index in [-0.39, 0.29) is 18.1 Å². The SMILES string of the molecule is CC[C@H]1CN2CC[C@H]1C[C@@H]2[C@@H](OC(=O)c1c2ccccc2cc2ccccc12)c1ccnc2ccccc12. The largest absolute Gasteiger partial charge is 0.452 e. The van der Waals surface area contributed by atoms with E-state index < -0.39 is 0 Å². The highest BCUT2D eigenvalue weighted by molar-refractivity contribution is 6.16. The van der Waals surface area contributed by atoms with E-state index in [1.165, 1.54) is 12.8 Å². The van der Waals surface area contributed by atoms with Crippen LogP contribution in [0.4, 0.5) is 0 Å². The molecule has 0 N–H and O–H groups in total. The van der Waals surface area contributed by atoms with Gasteiger partial charge in [-0.1, -0.05) is 80.1 Å². The smallest absolute Gasteiger partial charge is 0.340 e. The van der Waals surface area contributed by atoms with Crippen LogP contribution in [-0.4, -0.2) is 35.0 Å². The van der Waals surface area contributed by atoms with Gasteiger partial charge < -0.3 is 4.74 Å². The molecule has 5 atom stereocenters. The Hall–Kier alpha value is -3.76. The van der Waals surface area contributed by atoms with Crippen LogP contribution < -0.4 is 0 Å². The van der Waals surface area contributed by atoms with E-state index in [4.69, 9.17) is 4.74 Å². The van der Waals surface area contributed by atoms with Gasteiger partial charge in [-0.3, -0.25) is 9.88 Å². The Bertz CT molecular complexity index is 1600. The number of rotatable bonds is 5. The predicted molar refractivity (Wildman–Crippen MR) is 153 cm³/mol. The number of hydrogen-bond acceptors (Lipinski definition) is 4. The molecule has 8 rings (SSSR count). The summed E-state index contributed by atoms with van der Waals surface area (Å²) in [6.07, 6.45) is 4.99. The topological polar surface area (TPSA) is 42.4 Å². The van der Waals surface area contributed by atoms with Gasteiger partial charge in [0.15, 0.2) is 0 Å². The molecule has 4 aromatic carbocycles. The van der Waals surface area contributed by atoms with Crippen molar-refractivity contribution in [2.45, 2.75) is 38.3 Å². The molecule has 4 nitrogen and oxygen atoms in total. The van der Waals surface area contributed by atoms with Gasteiger partial charge in [0.05, 0.1) is 17.1 Å². The number of esters is 1. The van der Waals surface area contributed by atoms with Crippen LogP contribution in [0.3, 0.4) is 0 Å². The van der Waals surface area contributed by atoms with Gasteiger partial charge in [0.1, 0.15) is 6.10 Å². The predicted octanol–water partition coefficient (Wildman–Crippen LogP) is 7.56. The van der Waals surface area contributed by atoms with Crippen molar-refractivity contribution in [2.24, 2.45) is 11.8 Å². The van der Waals surface area contributed by atoms with Crippen LogP contribution in [0.5, 0.6) is 0 Å². The lowest BCUT2D eigenvalue weighted by molar-refractivity contribution is -0.0658. The number of fused-ring (bicyclic) bond motifs is 6. The second-order valence-electron chi connectivity index (χ2n) is 11.0. The average Bonchev–Trinajstić information content (AvgIpc) is 2.98. The van der Waals surface area contributed by atoms with Crippen molar-refractivity contribution in [2.75, 3.05) is 13.1 Å². The number of para-hydroxylation sites is 1. The molecular weight excluding hydrogens is 468 g/mol. The fraction of sp³-hybridized carbons (Fsp3) is 0.294. The van der Waals surface area contributed by atoms with Gasteiger partial charge in [0.2, 0.25) is 0 Å². The molecule has 4 heterocycles. The first-order chi connectivity index (χ1) is 18.7. The van der Waals surface area contributed by atoms with Gasteiger partial charge in [0, 0.05) is 23.7 Å². The fourth-order valence-corrected chi connectivity index (χ4v) is 7.08. The van der Waals surface area contributed by atoms with E-state index in [0.717, 1.165) is 63.4 Å². The van der Waals surface area contributed by atoms with Crippen molar-refractivity contribution in [3.8, 4) is 0 Å². The van der Waals surface area contributed by atoms with Gasteiger partial charge in [-0.25, -0.2) is 4.79 Å². The third kappa shape index (κ3) is 3.86. The quantitative estimate of drug-likeness (QED) is 0.184. The summed E-state index contributed by atoms with van der Waals surface area (Å²) in [4.78, 5) is 21.5. The molecule has 0 saturated carbocycles. The summed E-state index contributed by atoms with van der Waals surface area (Å²) in [6.45, 7) is 4.46. The third-order valence-electron chi connectivity index (χ3n) is 9.01. The summed E-state index contributed by atoms with van der Waals surface area (Å²) in [7, 11) is 0. The molecule has 38 heavy (non-hydrogen) atoms. The number of benzene rings is 4. The first-order valence-corrected chi connectivity index (χ1v) is 13.9. The Morgan fingerprint density at radius 2 is 1.63 bits per heavy atom. The first kappa shape index (κ1) is 23.4. The summed E-state index contributed by atoms with van der Waals surface area (Å²) < 4.78 is 6.70. The zero-order valence-corrected chi connectivity index (χ0v) is 21.7. The van der Waals surface area contributed by atoms with Crippen molar-refractivity contribution in [3.05, 3.63) is 102 Å². The van der Waals surface area contributed by atoms with Crippen LogP contribution in [0, 0.1) is 11.8 Å². The molecule has 3 aliphatic heterocycles. The first-order valence-electron chi connectivity index (χ1n) is 13.9. The van der Waals surface area contributed by atoms with Gasteiger partial charge in [-0.15, -0.1) is 0 Å². The Balaban J connectivity index is 1.36. The maximum Gasteiger partial charge on any atom is 0.340 e. The van der Waals surface area contributed by atoms with E-state index in [0.29, 0.717) is 11.5 Å². The molecule has 190 valence electrons. The van der Waals surface area contributed by atoms with Gasteiger partial charge >= 0.3 is 5.97 Å². The molecule has 4 heteroatoms. The van der Waals surface area contributed by atoms with Crippen molar-refractivity contribution >= 4 is 38.4 Å². The number of pyridine rings is 1. The Kier molecular flexibility index (Phi) is 5.85. The van der Waals surface area contributed by atoms with Crippen LogP contribution in [-0.2, 0) is 4.74 Å². The zero-order valence-electron chi connectivity index (χ0n) is 21.7. The number of carbonyl (C=O) groups excluding carboxylic acids is 1. The van der Waals surface area contributed by atoms with Crippen molar-refractivity contribution in [1.29, 1.82) is 0 Å². The second-order valence-corrected chi connectivity index (χ2v) is 11.0. The highest BCUT2D eigenvalue weighted by atomic mass is 16.5. The van der Waals surface area contributed by atoms with E-state index in [1.54, 1.807) is 0 Å². The minimum absolute atomic E-state index is 0.160. The molecule has 0 spiro atoms. The average molecular weight is 501 g/mol. The standard InChI is InChI=1S/C34H32N2O2/c1-2-22-21-36-18-16-23(22)20-31(36)33(29-15-17-35-30-14-8-7-13-28(29)30)38-34(37)32-26-11-5-3-9-24(26)19-25-10-4-6-12-27(25)32/h3-15,17,19,22-23,31,33H,2,16,18,20-21H2,1H3/t22-,23-,31+,33-/m0/s1. The minimum atomic E-state index is -0.367. The summed E-state index contributed by atoms with van der Waals surface area (Å²) in [5.74, 6) is 1.16. The fourth-order valence-electron chi connectivity index (χ4n) is 7.08. The molecule has 2 bridgehead atoms. The van der Waals surface area contributed by atoms with Crippen LogP contribution in [0.15, 0.2) is 91.1 Å². The minimum Gasteiger partial charge on any atom is -0.452 e. The summed E-state index contributed by atoms with van der Waals surface area (Å²) in [5, 5.41) is 5.04. The molecule has 3 saturated heterocycles. The Morgan fingerprint density at radius 1 is 0.947 bits per heavy atom. The number of carbonyl (C=O) groups is 1. The van der Waals surface area contributed by atoms with Crippen LogP contribution in [0.2, 0.25) is 0 Å². The molecule has 0 amide bonds. The molecule has 5 aromatic rings. The number of hydrogen-bond donors (Lipinski definition) is 0. The monoisotopic (exact) mass is 500 g/mol. The maximum atomic E-state index is 14.3. The maximum absolute atomic E-state index is 14.3. The second kappa shape index (κ2) is 9.52. The van der Waals surface area contributed by atoms with Crippen molar-refractivity contribution < 1.29 is 9.53 Å². The highest BCUT2D eigenvalue weighted by Crippen LogP contribution is 2.44. The number of ether oxygens (including phenoxy) is 1. The van der Waals surface area contributed by atoms with E-state index in [1.807, 2.05) is 60.8 Å². The van der Waals surface area contributed by atoms with Crippen molar-refractivity contribution in [3.63, 3.8) is 0 Å². The Morgan fingerprint density at radius 3 is 2.32 bits per heavy atom. The molecule has 3 aliphatic rings. The lowest BCUT2D eigenvalue weighted by atomic mass is 9.72. The van der Waals surface area contributed by atoms with Gasteiger partial charge in [-0.05, 0) is 71.0 Å². The van der Waals surface area contributed by atoms with E-state index in [2.05, 4.69) is 47.1 Å². The molecular formula is C34H32N2O2. The molecule has 1 aromatic heterocycles. The van der Waals surface area contributed by atoms with Gasteiger partial charge in [-0.2, -0.15) is 0 Å². The molecule has 0 aliphatic carbocycles. The number of nitrogens with zero attached hydrogens (tertiary/aromatic N) is 2. The van der Waals surface area contributed by atoms with Gasteiger partial charge in [0.25, 0.3) is 0 Å². The lowest BCUT2D eigenvalue weighted by Crippen LogP contribution is -2.55. The van der Waals surface area contributed by atoms with E-state index >= 15 is 0 Å². The summed E-state index contributed by atoms with van der Waals surface area (Å²) in [5.41, 5.74) is 2.65. The van der Waals surface area contributed by atoms with Crippen LogP contribution >= 0.6 is 0 Å². The Labute approximate surface area is 223 Å². The molecule has 0 radical (unpaired) electrons. The normalized spacial score (nSPS) is 23.6. The lowest BCUT2D eigenvalue weighted by Gasteiger charge is -2.51. The number of piperidine rings is 3. The zero-order chi connectivity index (χ0) is 25.6. The summed E-state index contributed by atoms with van der Waals surface area (Å²) >= 11 is 0. The summed E-state index contributed by atoms with van der Waals surface area (Å²) in [6, 6.07) is 28.8. The van der Waals surface area contributed by atoms with E-state index in [9.17, 15) is 4.79 Å². The van der Waals surface area contributed by atoms with Crippen molar-refractivity contribution in [1.82, 2.24) is 9.88 Å². The number of aromatic nitrogens is 1. The third-order valence-corrected chi connectivity index (χ3v) is 9.01.